The molecule has 1 aromatic rings. The van der Waals surface area contributed by atoms with Gasteiger partial charge in [0.25, 0.3) is 0 Å². The molecule has 1 rings (SSSR count). The summed E-state index contributed by atoms with van der Waals surface area (Å²) in [5.74, 6) is 1.55. The Bertz CT molecular complexity index is 417. The van der Waals surface area contributed by atoms with Crippen molar-refractivity contribution < 1.29 is 4.89 Å². The first-order chi connectivity index (χ1) is 7.97. The van der Waals surface area contributed by atoms with Crippen LogP contribution >= 0.6 is 45.2 Å². The van der Waals surface area contributed by atoms with E-state index in [-0.39, 0.29) is 12.4 Å². The number of halogens is 2. The molecule has 1 aromatic carbocycles. The number of benzene rings is 1. The molecule has 6 heteroatoms. The van der Waals surface area contributed by atoms with E-state index in [1.165, 1.54) is 12.8 Å². The van der Waals surface area contributed by atoms with E-state index in [9.17, 15) is 4.89 Å². The molecule has 1 N–H and O–H groups in total. The maximum absolute atomic E-state index is 10.4. The van der Waals surface area contributed by atoms with E-state index >= 15 is 0 Å². The molecule has 0 amide bonds. The molecule has 0 aliphatic carbocycles. The Balaban J connectivity index is 0.00000289. The summed E-state index contributed by atoms with van der Waals surface area (Å²) in [5, 5.41) is 0.878. The summed E-state index contributed by atoms with van der Waals surface area (Å²) in [7, 11) is 0. The molecule has 2 unspecified atom stereocenters. The van der Waals surface area contributed by atoms with Gasteiger partial charge in [0.2, 0.25) is 0 Å². The van der Waals surface area contributed by atoms with E-state index in [2.05, 4.69) is 29.8 Å². The van der Waals surface area contributed by atoms with Gasteiger partial charge in [-0.3, -0.25) is 0 Å². The summed E-state index contributed by atoms with van der Waals surface area (Å²) >= 11 is 10.4. The van der Waals surface area contributed by atoms with Crippen LogP contribution < -0.4 is 5.30 Å². The lowest BCUT2D eigenvalue weighted by molar-refractivity contribution is 0.585. The van der Waals surface area contributed by atoms with Crippen molar-refractivity contribution in [2.24, 2.45) is 5.92 Å². The first kappa shape index (κ1) is 18.9. The molecular formula is C12H19BrClOPS2. The molecular weight excluding hydrogens is 371 g/mol. The molecule has 18 heavy (non-hydrogen) atoms. The molecule has 0 fully saturated rings. The molecule has 0 aromatic heterocycles. The van der Waals surface area contributed by atoms with Crippen molar-refractivity contribution in [1.29, 1.82) is 0 Å². The quantitative estimate of drug-likeness (QED) is 0.694. The van der Waals surface area contributed by atoms with Gasteiger partial charge >= 0.3 is 0 Å². The molecule has 0 aliphatic rings. The molecule has 104 valence electrons. The smallest absolute Gasteiger partial charge is 0.147 e. The van der Waals surface area contributed by atoms with Crippen molar-refractivity contribution in [3.63, 3.8) is 0 Å². The predicted octanol–water partition coefficient (Wildman–Crippen LogP) is 4.97. The lowest BCUT2D eigenvalue weighted by Crippen LogP contribution is -2.05. The first-order valence-corrected chi connectivity index (χ1v) is 10.8. The van der Waals surface area contributed by atoms with Gasteiger partial charge in [-0.05, 0) is 34.0 Å². The highest BCUT2D eigenvalue weighted by molar-refractivity contribution is 9.10. The van der Waals surface area contributed by atoms with E-state index in [4.69, 9.17) is 11.8 Å². The maximum Gasteiger partial charge on any atom is 0.147 e. The third-order valence-corrected chi connectivity index (χ3v) is 9.16. The summed E-state index contributed by atoms with van der Waals surface area (Å²) in [6.07, 6.45) is 2.38. The van der Waals surface area contributed by atoms with E-state index in [1.54, 1.807) is 11.4 Å². The van der Waals surface area contributed by atoms with Gasteiger partial charge in [-0.2, -0.15) is 0 Å². The fourth-order valence-corrected chi connectivity index (χ4v) is 7.98. The second-order valence-corrected chi connectivity index (χ2v) is 11.8. The Labute approximate surface area is 134 Å². The number of rotatable bonds is 6. The van der Waals surface area contributed by atoms with Gasteiger partial charge in [-0.25, -0.2) is 0 Å². The normalized spacial score (nSPS) is 15.6. The highest BCUT2D eigenvalue weighted by Gasteiger charge is 2.20. The van der Waals surface area contributed by atoms with Crippen molar-refractivity contribution in [1.82, 2.24) is 0 Å². The van der Waals surface area contributed by atoms with Crippen molar-refractivity contribution in [3.8, 4) is 0 Å². The van der Waals surface area contributed by atoms with Crippen LogP contribution in [-0.2, 0) is 11.8 Å². The van der Waals surface area contributed by atoms with Crippen molar-refractivity contribution >= 4 is 62.3 Å². The Morgan fingerprint density at radius 1 is 1.44 bits per heavy atom. The molecule has 0 saturated heterocycles. The van der Waals surface area contributed by atoms with Crippen LogP contribution in [0.5, 0.6) is 0 Å². The molecule has 0 saturated carbocycles. The second kappa shape index (κ2) is 8.99. The minimum Gasteiger partial charge on any atom is -0.354 e. The van der Waals surface area contributed by atoms with Gasteiger partial charge in [0, 0.05) is 15.5 Å². The minimum absolute atomic E-state index is 0. The molecule has 2 atom stereocenters. The summed E-state index contributed by atoms with van der Waals surface area (Å²) in [6.45, 7) is 4.40. The fraction of sp³-hybridized carbons (Fsp3) is 0.500. The molecule has 1 nitrogen and oxygen atoms in total. The first-order valence-electron chi connectivity index (χ1n) is 5.69. The average molecular weight is 390 g/mol. The highest BCUT2D eigenvalue weighted by Crippen LogP contribution is 2.55. The lowest BCUT2D eigenvalue weighted by atomic mass is 10.1. The summed E-state index contributed by atoms with van der Waals surface area (Å²) in [4.78, 5) is 10.4. The maximum atomic E-state index is 10.4. The molecule has 0 aliphatic heterocycles. The Hall–Kier alpha value is 0.950. The minimum atomic E-state index is -2.46. The van der Waals surface area contributed by atoms with Crippen LogP contribution in [0.1, 0.15) is 26.7 Å². The summed E-state index contributed by atoms with van der Waals surface area (Å²) in [5.41, 5.74) is -2.46. The molecule has 0 spiro atoms. The Morgan fingerprint density at radius 2 is 2.06 bits per heavy atom. The monoisotopic (exact) mass is 388 g/mol. The highest BCUT2D eigenvalue weighted by atomic mass is 79.9. The van der Waals surface area contributed by atoms with E-state index < -0.39 is 5.47 Å². The van der Waals surface area contributed by atoms with Gasteiger partial charge in [0.1, 0.15) is 5.47 Å². The third kappa shape index (κ3) is 5.94. The van der Waals surface area contributed by atoms with Crippen LogP contribution in [0.25, 0.3) is 0 Å². The van der Waals surface area contributed by atoms with Crippen LogP contribution in [0.3, 0.4) is 0 Å². The molecule has 0 bridgehead atoms. The van der Waals surface area contributed by atoms with Gasteiger partial charge in [0.15, 0.2) is 0 Å². The fourth-order valence-electron chi connectivity index (χ4n) is 1.55. The second-order valence-electron chi connectivity index (χ2n) is 4.16. The van der Waals surface area contributed by atoms with E-state index in [0.717, 1.165) is 15.5 Å². The zero-order valence-electron chi connectivity index (χ0n) is 10.5. The van der Waals surface area contributed by atoms with Crippen molar-refractivity contribution in [2.45, 2.75) is 26.7 Å². The lowest BCUT2D eigenvalue weighted by Gasteiger charge is -2.18. The topological polar surface area (TPSA) is 20.2 Å². The Kier molecular flexibility index (Phi) is 9.47. The average Bonchev–Trinajstić information content (AvgIpc) is 2.27. The third-order valence-electron chi connectivity index (χ3n) is 2.47. The van der Waals surface area contributed by atoms with Crippen LogP contribution in [-0.4, -0.2) is 10.6 Å². The predicted molar refractivity (Wildman–Crippen MR) is 94.1 cm³/mol. The van der Waals surface area contributed by atoms with Gasteiger partial charge in [0.05, 0.1) is 0 Å². The number of hydrogen-bond acceptors (Lipinski definition) is 2. The summed E-state index contributed by atoms with van der Waals surface area (Å²) in [6, 6.07) is 7.71. The van der Waals surface area contributed by atoms with Gasteiger partial charge in [-0.15, -0.1) is 12.4 Å². The van der Waals surface area contributed by atoms with Crippen LogP contribution in [0, 0.1) is 5.92 Å². The number of hydrogen-bond donors (Lipinski definition) is 1. The Morgan fingerprint density at radius 3 is 2.61 bits per heavy atom. The molecule has 0 heterocycles. The van der Waals surface area contributed by atoms with Crippen LogP contribution in [0.4, 0.5) is 0 Å². The van der Waals surface area contributed by atoms with Crippen molar-refractivity contribution in [3.05, 3.63) is 28.7 Å². The standard InChI is InChI=1S/C12H18BrOPS2.ClH/c1-3-6-10(2)9-17-15(14,16)12-8-5-4-7-11(12)13;/h4-5,7-8,10H,3,6,9H2,1-2H3,(H,14,16);1H. The van der Waals surface area contributed by atoms with Crippen molar-refractivity contribution in [2.75, 3.05) is 5.75 Å². The van der Waals surface area contributed by atoms with Gasteiger partial charge < -0.3 is 4.89 Å². The SMILES string of the molecule is CCCC(C)CSP(O)(=S)c1ccccc1Br.Cl. The zero-order valence-corrected chi connectivity index (χ0v) is 15.4. The largest absolute Gasteiger partial charge is 0.354 e. The van der Waals surface area contributed by atoms with E-state index in [1.807, 2.05) is 24.3 Å². The zero-order chi connectivity index (χ0) is 12.9. The molecule has 0 radical (unpaired) electrons. The summed E-state index contributed by atoms with van der Waals surface area (Å²) < 4.78 is 0.918. The van der Waals surface area contributed by atoms with Crippen LogP contribution in [0.2, 0.25) is 0 Å². The van der Waals surface area contributed by atoms with E-state index in [0.29, 0.717) is 5.92 Å². The van der Waals surface area contributed by atoms with Crippen LogP contribution in [0.15, 0.2) is 28.7 Å². The van der Waals surface area contributed by atoms with Gasteiger partial charge in [-0.1, -0.05) is 62.0 Å².